The van der Waals surface area contributed by atoms with Crippen LogP contribution in [0, 0.1) is 13.8 Å². The summed E-state index contributed by atoms with van der Waals surface area (Å²) in [5.41, 5.74) is 5.30. The Morgan fingerprint density at radius 1 is 0.867 bits per heavy atom. The number of hydrogen-bond donors (Lipinski definition) is 2. The van der Waals surface area contributed by atoms with Gasteiger partial charge in [0.15, 0.2) is 0 Å². The summed E-state index contributed by atoms with van der Waals surface area (Å²) in [7, 11) is 0. The highest BCUT2D eigenvalue weighted by Gasteiger charge is 2.11. The monoisotopic (exact) mass is 398 g/mol. The number of para-hydroxylation sites is 1. The first-order valence-corrected chi connectivity index (χ1v) is 9.74. The van der Waals surface area contributed by atoms with Crippen molar-refractivity contribution in [2.24, 2.45) is 0 Å². The van der Waals surface area contributed by atoms with Crippen LogP contribution in [0.1, 0.15) is 27.0 Å². The smallest absolute Gasteiger partial charge is 0.321 e. The van der Waals surface area contributed by atoms with Crippen LogP contribution in [-0.2, 0) is 6.54 Å². The Bertz CT molecular complexity index is 1190. The molecule has 0 fully saturated rings. The number of amides is 3. The summed E-state index contributed by atoms with van der Waals surface area (Å²) in [6.07, 6.45) is 0. The van der Waals surface area contributed by atoms with Crippen LogP contribution >= 0.6 is 0 Å². The van der Waals surface area contributed by atoms with Crippen molar-refractivity contribution in [3.05, 3.63) is 95.1 Å². The van der Waals surface area contributed by atoms with Gasteiger partial charge in [-0.3, -0.25) is 10.1 Å². The molecule has 0 aliphatic heterocycles. The molecule has 3 aromatic carbocycles. The first-order chi connectivity index (χ1) is 14.5. The molecule has 0 bridgehead atoms. The van der Waals surface area contributed by atoms with Crippen LogP contribution in [0.15, 0.2) is 77.2 Å². The normalized spacial score (nSPS) is 10.7. The summed E-state index contributed by atoms with van der Waals surface area (Å²) >= 11 is 0. The third-order valence-corrected chi connectivity index (χ3v) is 5.11. The molecule has 30 heavy (non-hydrogen) atoms. The third-order valence-electron chi connectivity index (χ3n) is 5.11. The maximum Gasteiger partial charge on any atom is 0.321 e. The number of imide groups is 1. The number of rotatable bonds is 4. The van der Waals surface area contributed by atoms with E-state index in [1.54, 1.807) is 12.1 Å². The summed E-state index contributed by atoms with van der Waals surface area (Å²) in [5.74, 6) is 0.378. The van der Waals surface area contributed by atoms with Crippen molar-refractivity contribution in [3.8, 4) is 11.3 Å². The third kappa shape index (κ3) is 4.25. The molecule has 1 aromatic heterocycles. The van der Waals surface area contributed by atoms with E-state index >= 15 is 0 Å². The molecular weight excluding hydrogens is 376 g/mol. The second-order valence-corrected chi connectivity index (χ2v) is 7.28. The molecule has 0 spiro atoms. The van der Waals surface area contributed by atoms with Gasteiger partial charge in [-0.05, 0) is 54.8 Å². The van der Waals surface area contributed by atoms with Gasteiger partial charge in [0.1, 0.15) is 11.3 Å². The molecule has 3 amide bonds. The second-order valence-electron chi connectivity index (χ2n) is 7.28. The highest BCUT2D eigenvalue weighted by Crippen LogP contribution is 2.27. The molecule has 2 N–H and O–H groups in total. The summed E-state index contributed by atoms with van der Waals surface area (Å²) in [4.78, 5) is 24.3. The zero-order valence-corrected chi connectivity index (χ0v) is 16.9. The van der Waals surface area contributed by atoms with Gasteiger partial charge in [-0.2, -0.15) is 0 Å². The van der Waals surface area contributed by atoms with E-state index in [9.17, 15) is 9.59 Å². The fourth-order valence-electron chi connectivity index (χ4n) is 3.20. The minimum Gasteiger partial charge on any atom is -0.456 e. The molecule has 0 atom stereocenters. The predicted octanol–water partition coefficient (Wildman–Crippen LogP) is 5.36. The molecule has 150 valence electrons. The zero-order valence-electron chi connectivity index (χ0n) is 16.9. The number of furan rings is 1. The molecule has 1 heterocycles. The molecule has 5 heteroatoms. The maximum absolute atomic E-state index is 12.2. The van der Waals surface area contributed by atoms with Crippen LogP contribution in [0.2, 0.25) is 0 Å². The minimum atomic E-state index is -0.528. The fraction of sp³-hybridized carbons (Fsp3) is 0.120. The van der Waals surface area contributed by atoms with Crippen LogP contribution < -0.4 is 10.6 Å². The Labute approximate surface area is 174 Å². The Morgan fingerprint density at radius 2 is 1.63 bits per heavy atom. The van der Waals surface area contributed by atoms with Gasteiger partial charge in [-0.1, -0.05) is 48.5 Å². The average Bonchev–Trinajstić information content (AvgIpc) is 3.19. The van der Waals surface area contributed by atoms with E-state index in [0.717, 1.165) is 39.0 Å². The summed E-state index contributed by atoms with van der Waals surface area (Å²) in [6, 6.07) is 22.5. The molecule has 0 saturated carbocycles. The van der Waals surface area contributed by atoms with E-state index in [1.807, 2.05) is 74.5 Å². The number of hydrogen-bond acceptors (Lipinski definition) is 3. The number of benzene rings is 3. The summed E-state index contributed by atoms with van der Waals surface area (Å²) in [6.45, 7) is 4.22. The van der Waals surface area contributed by atoms with Crippen LogP contribution in [0.4, 0.5) is 4.79 Å². The first kappa shape index (κ1) is 19.5. The second kappa shape index (κ2) is 8.25. The molecule has 4 aromatic rings. The number of urea groups is 1. The van der Waals surface area contributed by atoms with Crippen molar-refractivity contribution in [2.45, 2.75) is 20.4 Å². The molecule has 5 nitrogen and oxygen atoms in total. The van der Waals surface area contributed by atoms with Crippen molar-refractivity contribution in [2.75, 3.05) is 0 Å². The summed E-state index contributed by atoms with van der Waals surface area (Å²) in [5, 5.41) is 6.13. The summed E-state index contributed by atoms with van der Waals surface area (Å²) < 4.78 is 5.88. The van der Waals surface area contributed by atoms with Gasteiger partial charge < -0.3 is 9.73 Å². The quantitative estimate of drug-likeness (QED) is 0.486. The number of carbonyl (C=O) groups excluding carboxylic acids is 2. The van der Waals surface area contributed by atoms with Crippen molar-refractivity contribution in [3.63, 3.8) is 0 Å². The van der Waals surface area contributed by atoms with E-state index in [4.69, 9.17) is 4.42 Å². The van der Waals surface area contributed by atoms with E-state index in [-0.39, 0.29) is 0 Å². The molecule has 0 unspecified atom stereocenters. The van der Waals surface area contributed by atoms with Crippen LogP contribution in [0.25, 0.3) is 22.3 Å². The van der Waals surface area contributed by atoms with Gasteiger partial charge in [-0.15, -0.1) is 0 Å². The van der Waals surface area contributed by atoms with E-state index in [0.29, 0.717) is 12.1 Å². The minimum absolute atomic E-state index is 0.312. The Balaban J connectivity index is 1.35. The lowest BCUT2D eigenvalue weighted by molar-refractivity contribution is 0.0964. The zero-order chi connectivity index (χ0) is 21.1. The molecule has 0 radical (unpaired) electrons. The highest BCUT2D eigenvalue weighted by molar-refractivity contribution is 6.04. The van der Waals surface area contributed by atoms with Crippen LogP contribution in [0.3, 0.4) is 0 Å². The Kier molecular flexibility index (Phi) is 5.35. The lowest BCUT2D eigenvalue weighted by Gasteiger charge is -2.08. The number of aryl methyl sites for hydroxylation is 2. The largest absolute Gasteiger partial charge is 0.456 e. The van der Waals surface area contributed by atoms with Gasteiger partial charge in [0.25, 0.3) is 5.91 Å². The standard InChI is InChI=1S/C25H22N2O3/c1-16-7-10-21(13-17(16)2)24(28)27-25(29)26-15-18-8-11-19(12-9-18)23-14-20-5-3-4-6-22(20)30-23/h3-14H,15H2,1-2H3,(H2,26,27,28,29). The highest BCUT2D eigenvalue weighted by atomic mass is 16.3. The number of carbonyl (C=O) groups is 2. The number of nitrogens with one attached hydrogen (secondary N) is 2. The molecule has 0 saturated heterocycles. The van der Waals surface area contributed by atoms with E-state index in [1.165, 1.54) is 0 Å². The van der Waals surface area contributed by atoms with Gasteiger partial charge in [0.2, 0.25) is 0 Å². The number of fused-ring (bicyclic) bond motifs is 1. The first-order valence-electron chi connectivity index (χ1n) is 9.74. The van der Waals surface area contributed by atoms with E-state index in [2.05, 4.69) is 10.6 Å². The molecule has 0 aliphatic rings. The van der Waals surface area contributed by atoms with Gasteiger partial charge in [0.05, 0.1) is 0 Å². The van der Waals surface area contributed by atoms with Crippen LogP contribution in [-0.4, -0.2) is 11.9 Å². The Morgan fingerprint density at radius 3 is 2.37 bits per heavy atom. The fourth-order valence-corrected chi connectivity index (χ4v) is 3.20. The van der Waals surface area contributed by atoms with Gasteiger partial charge in [-0.25, -0.2) is 4.79 Å². The topological polar surface area (TPSA) is 71.3 Å². The van der Waals surface area contributed by atoms with Crippen LogP contribution in [0.5, 0.6) is 0 Å². The maximum atomic E-state index is 12.2. The van der Waals surface area contributed by atoms with Gasteiger partial charge >= 0.3 is 6.03 Å². The Hall–Kier alpha value is -3.86. The van der Waals surface area contributed by atoms with Crippen molar-refractivity contribution >= 4 is 22.9 Å². The molecule has 4 rings (SSSR count). The van der Waals surface area contributed by atoms with Crippen molar-refractivity contribution in [1.82, 2.24) is 10.6 Å². The van der Waals surface area contributed by atoms with E-state index < -0.39 is 11.9 Å². The average molecular weight is 398 g/mol. The van der Waals surface area contributed by atoms with Gasteiger partial charge in [0, 0.05) is 23.1 Å². The molecule has 0 aliphatic carbocycles. The molecular formula is C25H22N2O3. The predicted molar refractivity (Wildman–Crippen MR) is 117 cm³/mol. The SMILES string of the molecule is Cc1ccc(C(=O)NC(=O)NCc2ccc(-c3cc4ccccc4o3)cc2)cc1C. The lowest BCUT2D eigenvalue weighted by Crippen LogP contribution is -2.39. The van der Waals surface area contributed by atoms with Crippen molar-refractivity contribution < 1.29 is 14.0 Å². The van der Waals surface area contributed by atoms with Crippen molar-refractivity contribution in [1.29, 1.82) is 0 Å². The lowest BCUT2D eigenvalue weighted by atomic mass is 10.1.